The summed E-state index contributed by atoms with van der Waals surface area (Å²) < 4.78 is 18.0. The first-order chi connectivity index (χ1) is 14.8. The third-order valence-corrected chi connectivity index (χ3v) is 4.18. The van der Waals surface area contributed by atoms with Gasteiger partial charge in [-0.05, 0) is 41.9 Å². The highest BCUT2D eigenvalue weighted by Crippen LogP contribution is 2.23. The number of hydrogen-bond acceptors (Lipinski definition) is 7. The number of benzene rings is 2. The minimum Gasteiger partial charge on any atom is -0.507 e. The molecule has 3 rings (SSSR count). The van der Waals surface area contributed by atoms with Crippen LogP contribution in [0.1, 0.15) is 29.7 Å². The molecule has 31 heavy (non-hydrogen) atoms. The van der Waals surface area contributed by atoms with Gasteiger partial charge < -0.3 is 26.2 Å². The quantitative estimate of drug-likeness (QED) is 0.322. The van der Waals surface area contributed by atoms with Gasteiger partial charge in [-0.2, -0.15) is 0 Å². The topological polar surface area (TPSA) is 148 Å². The van der Waals surface area contributed by atoms with E-state index in [0.29, 0.717) is 35.0 Å². The monoisotopic (exact) mass is 448 g/mol. The van der Waals surface area contributed by atoms with E-state index in [4.69, 9.17) is 28.2 Å². The number of nitrogens with two attached hydrogens (primary N) is 2. The molecule has 3 aromatic rings. The van der Waals surface area contributed by atoms with Crippen LogP contribution < -0.4 is 11.5 Å². The number of primary amides is 1. The molecule has 0 saturated carbocycles. The van der Waals surface area contributed by atoms with Crippen molar-refractivity contribution in [2.75, 3.05) is 6.54 Å². The van der Waals surface area contributed by atoms with Crippen molar-refractivity contribution in [2.45, 2.75) is 19.4 Å². The first-order valence-electron chi connectivity index (χ1n) is 9.22. The van der Waals surface area contributed by atoms with Gasteiger partial charge in [-0.15, -0.1) is 0 Å². The second-order valence-corrected chi connectivity index (χ2v) is 6.76. The minimum absolute atomic E-state index is 0.0741. The number of carbonyl (C=O) groups excluding carboxylic acids is 1. The standard InChI is InChI=1S/C17H16ClFN2O2.C4H6N2O2/c18-12-5-3-11(4-6-12)17(21-9-1-2-16(20)23)14-10-13(19)7-8-15(14)22;5-2-3-1-4(7)6-8-3/h3-8,10,22H,1-2,9H2,(H2,20,23);1H,2,5H2,(H,6,7)/b21-17+;. The third kappa shape index (κ3) is 7.72. The molecule has 0 bridgehead atoms. The van der Waals surface area contributed by atoms with Crippen molar-refractivity contribution >= 4 is 23.2 Å². The Balaban J connectivity index is 0.000000357. The number of nitrogens with zero attached hydrogens (tertiary/aromatic N) is 2. The molecule has 1 aromatic heterocycles. The molecular weight excluding hydrogens is 427 g/mol. The summed E-state index contributed by atoms with van der Waals surface area (Å²) in [4.78, 5) is 15.2. The number of amides is 1. The van der Waals surface area contributed by atoms with Gasteiger partial charge in [0.25, 0.3) is 5.88 Å². The highest BCUT2D eigenvalue weighted by Gasteiger charge is 2.13. The number of rotatable bonds is 7. The summed E-state index contributed by atoms with van der Waals surface area (Å²) in [5.41, 5.74) is 11.6. The Morgan fingerprint density at radius 3 is 2.42 bits per heavy atom. The van der Waals surface area contributed by atoms with E-state index < -0.39 is 11.7 Å². The van der Waals surface area contributed by atoms with Crippen LogP contribution in [-0.4, -0.2) is 33.5 Å². The second kappa shape index (κ2) is 11.7. The summed E-state index contributed by atoms with van der Waals surface area (Å²) >= 11 is 5.88. The fourth-order valence-corrected chi connectivity index (χ4v) is 2.61. The average molecular weight is 449 g/mol. The predicted molar refractivity (Wildman–Crippen MR) is 115 cm³/mol. The zero-order valence-electron chi connectivity index (χ0n) is 16.5. The summed E-state index contributed by atoms with van der Waals surface area (Å²) in [5.74, 6) is -0.582. The second-order valence-electron chi connectivity index (χ2n) is 6.32. The van der Waals surface area contributed by atoms with E-state index in [0.717, 1.165) is 0 Å². The number of aromatic nitrogens is 1. The smallest absolute Gasteiger partial charge is 0.251 e. The van der Waals surface area contributed by atoms with Gasteiger partial charge in [0, 0.05) is 35.2 Å². The highest BCUT2D eigenvalue weighted by atomic mass is 35.5. The maximum Gasteiger partial charge on any atom is 0.251 e. The van der Waals surface area contributed by atoms with Gasteiger partial charge in [0.2, 0.25) is 5.91 Å². The molecule has 0 aliphatic carbocycles. The molecule has 0 saturated heterocycles. The Hall–Kier alpha value is -3.43. The lowest BCUT2D eigenvalue weighted by Gasteiger charge is -2.10. The van der Waals surface area contributed by atoms with Crippen LogP contribution in [0, 0.1) is 5.82 Å². The average Bonchev–Trinajstić information content (AvgIpc) is 3.17. The van der Waals surface area contributed by atoms with Crippen molar-refractivity contribution in [2.24, 2.45) is 16.5 Å². The fraction of sp³-hybridized carbons (Fsp3) is 0.190. The number of halogens is 2. The van der Waals surface area contributed by atoms with E-state index in [2.05, 4.69) is 14.7 Å². The van der Waals surface area contributed by atoms with Gasteiger partial charge in [0.1, 0.15) is 11.6 Å². The van der Waals surface area contributed by atoms with Crippen molar-refractivity contribution < 1.29 is 23.9 Å². The summed E-state index contributed by atoms with van der Waals surface area (Å²) in [6.45, 7) is 0.602. The molecule has 8 nitrogen and oxygen atoms in total. The molecule has 1 amide bonds. The van der Waals surface area contributed by atoms with Crippen molar-refractivity contribution in [3.8, 4) is 11.6 Å². The first kappa shape index (κ1) is 23.8. The Morgan fingerprint density at radius 1 is 1.16 bits per heavy atom. The van der Waals surface area contributed by atoms with Gasteiger partial charge >= 0.3 is 0 Å². The van der Waals surface area contributed by atoms with Crippen LogP contribution in [0.15, 0.2) is 58.0 Å². The van der Waals surface area contributed by atoms with Crippen LogP contribution in [0.3, 0.4) is 0 Å². The molecule has 2 aromatic carbocycles. The van der Waals surface area contributed by atoms with Crippen molar-refractivity contribution in [3.63, 3.8) is 0 Å². The van der Waals surface area contributed by atoms with Gasteiger partial charge in [0.05, 0.1) is 12.3 Å². The number of phenolic OH excluding ortho intramolecular Hbond substituents is 1. The largest absolute Gasteiger partial charge is 0.507 e. The number of phenols is 1. The molecule has 0 fully saturated rings. The number of aliphatic imine (C=N–C) groups is 1. The fourth-order valence-electron chi connectivity index (χ4n) is 2.48. The summed E-state index contributed by atoms with van der Waals surface area (Å²) in [6, 6.07) is 11.9. The van der Waals surface area contributed by atoms with Crippen molar-refractivity contribution in [1.29, 1.82) is 0 Å². The third-order valence-electron chi connectivity index (χ3n) is 3.93. The SMILES string of the molecule is NC(=O)CCC/N=C(\c1ccc(Cl)cc1)c1cc(F)ccc1O.NCc1cc(O)no1. The molecule has 10 heteroatoms. The molecule has 1 heterocycles. The van der Waals surface area contributed by atoms with Crippen LogP contribution in [0.25, 0.3) is 0 Å². The van der Waals surface area contributed by atoms with Gasteiger partial charge in [-0.25, -0.2) is 4.39 Å². The Labute approximate surface area is 183 Å². The van der Waals surface area contributed by atoms with Crippen LogP contribution in [0.4, 0.5) is 4.39 Å². The normalized spacial score (nSPS) is 11.0. The van der Waals surface area contributed by atoms with Crippen LogP contribution in [0.2, 0.25) is 5.02 Å². The molecule has 0 atom stereocenters. The van der Waals surface area contributed by atoms with Crippen LogP contribution >= 0.6 is 11.6 Å². The highest BCUT2D eigenvalue weighted by molar-refractivity contribution is 6.30. The number of hydrogen-bond donors (Lipinski definition) is 4. The molecule has 0 radical (unpaired) electrons. The Bertz CT molecular complexity index is 1040. The maximum absolute atomic E-state index is 13.5. The Morgan fingerprint density at radius 2 is 1.87 bits per heavy atom. The van der Waals surface area contributed by atoms with E-state index in [1.165, 1.54) is 24.3 Å². The van der Waals surface area contributed by atoms with Crippen LogP contribution in [-0.2, 0) is 11.3 Å². The van der Waals surface area contributed by atoms with Crippen LogP contribution in [0.5, 0.6) is 11.6 Å². The first-order valence-corrected chi connectivity index (χ1v) is 9.60. The molecule has 0 aliphatic heterocycles. The summed E-state index contributed by atoms with van der Waals surface area (Å²) in [7, 11) is 0. The molecular formula is C21H22ClFN4O4. The maximum atomic E-state index is 13.5. The van der Waals surface area contributed by atoms with E-state index in [9.17, 15) is 14.3 Å². The molecule has 164 valence electrons. The van der Waals surface area contributed by atoms with E-state index in [1.54, 1.807) is 24.3 Å². The predicted octanol–water partition coefficient (Wildman–Crippen LogP) is 3.13. The molecule has 0 aliphatic rings. The minimum atomic E-state index is -0.475. The van der Waals surface area contributed by atoms with Crippen molar-refractivity contribution in [1.82, 2.24) is 5.16 Å². The van der Waals surface area contributed by atoms with Gasteiger partial charge in [-0.3, -0.25) is 9.79 Å². The molecule has 0 spiro atoms. The lowest BCUT2D eigenvalue weighted by atomic mass is 10.0. The van der Waals surface area contributed by atoms with E-state index >= 15 is 0 Å². The Kier molecular flexibility index (Phi) is 8.98. The lowest BCUT2D eigenvalue weighted by Crippen LogP contribution is -2.11. The zero-order valence-corrected chi connectivity index (χ0v) is 17.2. The summed E-state index contributed by atoms with van der Waals surface area (Å²) in [6.07, 6.45) is 0.690. The number of carbonyl (C=O) groups is 1. The number of aromatic hydroxyl groups is 2. The zero-order chi connectivity index (χ0) is 22.8. The van der Waals surface area contributed by atoms with E-state index in [-0.39, 0.29) is 30.2 Å². The van der Waals surface area contributed by atoms with Crippen molar-refractivity contribution in [3.05, 3.63) is 76.3 Å². The van der Waals surface area contributed by atoms with Gasteiger partial charge in [0.15, 0.2) is 5.76 Å². The molecule has 6 N–H and O–H groups in total. The van der Waals surface area contributed by atoms with Gasteiger partial charge in [-0.1, -0.05) is 23.7 Å². The van der Waals surface area contributed by atoms with E-state index in [1.807, 2.05) is 0 Å². The molecule has 0 unspecified atom stereocenters. The summed E-state index contributed by atoms with van der Waals surface area (Å²) in [5, 5.41) is 22.3. The lowest BCUT2D eigenvalue weighted by molar-refractivity contribution is -0.118.